The van der Waals surface area contributed by atoms with Crippen LogP contribution in [0.15, 0.2) is 0 Å². The molecular formula is C6H24OSi2. The van der Waals surface area contributed by atoms with Crippen LogP contribution in [0, 0.1) is 0 Å². The van der Waals surface area contributed by atoms with Gasteiger partial charge in [0.25, 0.3) is 0 Å². The van der Waals surface area contributed by atoms with E-state index >= 15 is 0 Å². The van der Waals surface area contributed by atoms with Crippen molar-refractivity contribution >= 4 is 19.3 Å². The molecule has 62 valence electrons. The lowest BCUT2D eigenvalue weighted by Gasteiger charge is -1.87. The first kappa shape index (κ1) is 22.7. The molecule has 0 N–H and O–H groups in total. The molecule has 0 radical (unpaired) electrons. The average molecular weight is 168 g/mol. The summed E-state index contributed by atoms with van der Waals surface area (Å²) < 4.78 is 4.96. The summed E-state index contributed by atoms with van der Waals surface area (Å²) >= 11 is 0. The molecule has 0 rings (SSSR count). The summed E-state index contributed by atoms with van der Waals surface area (Å²) in [6, 6.07) is 0. The predicted molar refractivity (Wildman–Crippen MR) is 55.0 cm³/mol. The van der Waals surface area contributed by atoms with Gasteiger partial charge in [-0.25, -0.2) is 0 Å². The van der Waals surface area contributed by atoms with E-state index in [1.165, 1.54) is 5.67 Å². The molecular weight excluding hydrogens is 144 g/mol. The fraction of sp³-hybridized carbons (Fsp3) is 1.00. The second-order valence-corrected chi connectivity index (χ2v) is 6.16. The van der Waals surface area contributed by atoms with Crippen molar-refractivity contribution in [3.05, 3.63) is 0 Å². The van der Waals surface area contributed by atoms with Gasteiger partial charge in [0.15, 0.2) is 9.76 Å². The van der Waals surface area contributed by atoms with Gasteiger partial charge >= 0.3 is 0 Å². The first-order valence-corrected chi connectivity index (χ1v) is 6.40. The average Bonchev–Trinajstić information content (AvgIpc) is 1.61. The van der Waals surface area contributed by atoms with Crippen molar-refractivity contribution in [1.82, 2.24) is 0 Å². The summed E-state index contributed by atoms with van der Waals surface area (Å²) in [5, 5.41) is 0. The smallest absolute Gasteiger partial charge is 0.157 e. The first-order chi connectivity index (χ1) is 2.91. The lowest BCUT2D eigenvalue weighted by atomic mass is 11.8. The highest BCUT2D eigenvalue weighted by molar-refractivity contribution is 6.51. The Morgan fingerprint density at radius 1 is 1.22 bits per heavy atom. The van der Waals surface area contributed by atoms with Crippen LogP contribution >= 0.6 is 0 Å². The minimum atomic E-state index is -0.0166. The van der Waals surface area contributed by atoms with E-state index in [2.05, 4.69) is 6.55 Å². The molecule has 0 spiro atoms. The molecule has 0 atom stereocenters. The maximum atomic E-state index is 4.96. The molecule has 0 bridgehead atoms. The fourth-order valence-corrected chi connectivity index (χ4v) is 2.60. The maximum Gasteiger partial charge on any atom is 0.157 e. The van der Waals surface area contributed by atoms with Gasteiger partial charge in [-0.05, 0) is 5.67 Å². The normalized spacial score (nSPS) is 8.67. The van der Waals surface area contributed by atoms with E-state index < -0.39 is 0 Å². The lowest BCUT2D eigenvalue weighted by molar-refractivity contribution is 0.445. The number of rotatable bonds is 3. The zero-order chi connectivity index (χ0) is 4.83. The third-order valence-corrected chi connectivity index (χ3v) is 5.09. The molecule has 0 saturated heterocycles. The van der Waals surface area contributed by atoms with Crippen LogP contribution in [-0.2, 0) is 4.43 Å². The van der Waals surface area contributed by atoms with Crippen LogP contribution in [0.3, 0.4) is 0 Å². The van der Waals surface area contributed by atoms with Crippen LogP contribution in [0.1, 0.15) is 22.3 Å². The van der Waals surface area contributed by atoms with Crippen LogP contribution in [0.5, 0.6) is 0 Å². The van der Waals surface area contributed by atoms with E-state index in [1.807, 2.05) is 7.11 Å². The monoisotopic (exact) mass is 168 g/mol. The Morgan fingerprint density at radius 2 is 1.67 bits per heavy atom. The highest BCUT2D eigenvalue weighted by Gasteiger charge is 1.78. The van der Waals surface area contributed by atoms with E-state index in [-0.39, 0.29) is 32.0 Å². The second kappa shape index (κ2) is 23.8. The molecule has 0 aromatic heterocycles. The summed E-state index contributed by atoms with van der Waals surface area (Å²) in [7, 11) is 2.14. The van der Waals surface area contributed by atoms with E-state index in [0.29, 0.717) is 9.52 Å². The van der Waals surface area contributed by atoms with Crippen molar-refractivity contribution < 1.29 is 4.43 Å². The zero-order valence-electron chi connectivity index (χ0n) is 4.53. The van der Waals surface area contributed by atoms with Crippen LogP contribution < -0.4 is 0 Å². The van der Waals surface area contributed by atoms with Gasteiger partial charge in [0.05, 0.1) is 0 Å². The summed E-state index contributed by atoms with van der Waals surface area (Å²) in [5.41, 5.74) is 1.47. The molecule has 0 amide bonds. The Labute approximate surface area is 66.0 Å². The first-order valence-electron chi connectivity index (χ1n) is 2.40. The molecule has 0 unspecified atom stereocenters. The Bertz CT molecular complexity index is 23.0. The topological polar surface area (TPSA) is 9.23 Å². The summed E-state index contributed by atoms with van der Waals surface area (Å²) in [6.07, 6.45) is 0. The van der Waals surface area contributed by atoms with E-state index in [4.69, 9.17) is 4.43 Å². The van der Waals surface area contributed by atoms with Crippen molar-refractivity contribution in [2.75, 3.05) is 7.11 Å². The maximum absolute atomic E-state index is 4.96. The highest BCUT2D eigenvalue weighted by atomic mass is 28.3. The molecule has 0 aromatic rings. The van der Waals surface area contributed by atoms with Crippen LogP contribution in [0.4, 0.5) is 0 Å². The minimum Gasteiger partial charge on any atom is -0.427 e. The van der Waals surface area contributed by atoms with Gasteiger partial charge in [0.1, 0.15) is 0 Å². The summed E-state index contributed by atoms with van der Waals surface area (Å²) in [5.74, 6) is 0. The SMILES string of the molecule is C.C.C.CO[SiH2]C[SiH2]C. The fourth-order valence-electron chi connectivity index (χ4n) is 0.289. The van der Waals surface area contributed by atoms with Crippen LogP contribution in [-0.4, -0.2) is 26.4 Å². The third kappa shape index (κ3) is 29.8. The standard InChI is InChI=1S/C3H12OSi2.3CH4/c1-4-6-3-5-2;;;/h3,5-6H2,1-2H3;3*1H4. The second-order valence-electron chi connectivity index (χ2n) is 1.35. The van der Waals surface area contributed by atoms with Gasteiger partial charge < -0.3 is 4.43 Å². The van der Waals surface area contributed by atoms with Crippen LogP contribution in [0.25, 0.3) is 0 Å². The molecule has 0 heterocycles. The molecule has 3 heteroatoms. The lowest BCUT2D eigenvalue weighted by Crippen LogP contribution is -1.95. The Balaban J connectivity index is -0.0000000417. The van der Waals surface area contributed by atoms with Crippen molar-refractivity contribution in [2.45, 2.75) is 34.5 Å². The molecule has 0 aliphatic carbocycles. The van der Waals surface area contributed by atoms with Crippen molar-refractivity contribution in [3.8, 4) is 0 Å². The summed E-state index contributed by atoms with van der Waals surface area (Å²) in [4.78, 5) is 0. The van der Waals surface area contributed by atoms with Crippen molar-refractivity contribution in [3.63, 3.8) is 0 Å². The van der Waals surface area contributed by atoms with Crippen molar-refractivity contribution in [1.29, 1.82) is 0 Å². The zero-order valence-corrected chi connectivity index (χ0v) is 7.36. The molecule has 0 saturated carbocycles. The van der Waals surface area contributed by atoms with Crippen molar-refractivity contribution in [2.24, 2.45) is 0 Å². The third-order valence-electron chi connectivity index (χ3n) is 0.702. The predicted octanol–water partition coefficient (Wildman–Crippen LogP) is 1.22. The Hall–Kier alpha value is 0.394. The van der Waals surface area contributed by atoms with Gasteiger partial charge in [0.2, 0.25) is 0 Å². The highest BCUT2D eigenvalue weighted by Crippen LogP contribution is 1.71. The molecule has 0 aromatic carbocycles. The van der Waals surface area contributed by atoms with Crippen LogP contribution in [0.2, 0.25) is 12.2 Å². The van der Waals surface area contributed by atoms with E-state index in [1.54, 1.807) is 0 Å². The van der Waals surface area contributed by atoms with E-state index in [9.17, 15) is 0 Å². The Kier molecular flexibility index (Phi) is 60.1. The van der Waals surface area contributed by atoms with Gasteiger partial charge in [-0.2, -0.15) is 0 Å². The molecule has 1 nitrogen and oxygen atoms in total. The van der Waals surface area contributed by atoms with E-state index in [0.717, 1.165) is 0 Å². The van der Waals surface area contributed by atoms with Gasteiger partial charge in [0, 0.05) is 16.6 Å². The van der Waals surface area contributed by atoms with Gasteiger partial charge in [-0.3, -0.25) is 0 Å². The van der Waals surface area contributed by atoms with Gasteiger partial charge in [-0.1, -0.05) is 28.8 Å². The summed E-state index contributed by atoms with van der Waals surface area (Å²) in [6.45, 7) is 2.33. The van der Waals surface area contributed by atoms with Gasteiger partial charge in [-0.15, -0.1) is 0 Å². The minimum absolute atomic E-state index is 0. The molecule has 0 fully saturated rings. The number of hydrogen-bond acceptors (Lipinski definition) is 1. The quantitative estimate of drug-likeness (QED) is 0.455. The number of hydrogen-bond donors (Lipinski definition) is 0. The molecule has 9 heavy (non-hydrogen) atoms. The molecule has 0 aliphatic heterocycles. The Morgan fingerprint density at radius 3 is 1.78 bits per heavy atom. The largest absolute Gasteiger partial charge is 0.427 e. The molecule has 0 aliphatic rings.